The lowest BCUT2D eigenvalue weighted by Crippen LogP contribution is -2.46. The molecule has 1 heterocycles. The normalized spacial score (nSPS) is 16.0. The summed E-state index contributed by atoms with van der Waals surface area (Å²) in [4.78, 5) is 17.5. The van der Waals surface area contributed by atoms with Crippen molar-refractivity contribution in [2.45, 2.75) is 31.8 Å². The van der Waals surface area contributed by atoms with Crippen molar-refractivity contribution in [1.82, 2.24) is 4.90 Å². The number of likely N-dealkylation sites (N-methyl/N-ethyl adjacent to an activating group) is 1. The number of piperazine rings is 1. The number of rotatable bonds is 7. The van der Waals surface area contributed by atoms with E-state index in [9.17, 15) is 4.79 Å². The highest BCUT2D eigenvalue weighted by Gasteiger charge is 2.18. The van der Waals surface area contributed by atoms with Gasteiger partial charge >= 0.3 is 0 Å². The van der Waals surface area contributed by atoms with E-state index in [1.165, 1.54) is 11.3 Å². The summed E-state index contributed by atoms with van der Waals surface area (Å²) in [6.07, 6.45) is 0. The minimum atomic E-state index is -0.0959. The molecular formula is C23H31N3OS. The first-order chi connectivity index (χ1) is 13.6. The number of hydrogen-bond acceptors (Lipinski definition) is 4. The van der Waals surface area contributed by atoms with Gasteiger partial charge in [0.25, 0.3) is 0 Å². The zero-order chi connectivity index (χ0) is 19.9. The molecule has 1 N–H and O–H groups in total. The minimum Gasteiger partial charge on any atom is -0.369 e. The third-order valence-corrected chi connectivity index (χ3v) is 6.58. The number of carbonyl (C=O) groups is 1. The van der Waals surface area contributed by atoms with Crippen molar-refractivity contribution < 1.29 is 4.79 Å². The number of carbonyl (C=O) groups excluding carboxylic acids is 1. The second-order valence-electron chi connectivity index (χ2n) is 7.35. The second kappa shape index (κ2) is 9.99. The molecule has 3 rings (SSSR count). The molecule has 150 valence electrons. The molecule has 28 heavy (non-hydrogen) atoms. The van der Waals surface area contributed by atoms with Crippen LogP contribution in [0.3, 0.4) is 0 Å². The van der Waals surface area contributed by atoms with E-state index in [1.54, 1.807) is 11.8 Å². The van der Waals surface area contributed by atoms with Crippen LogP contribution < -0.4 is 10.2 Å². The summed E-state index contributed by atoms with van der Waals surface area (Å²) in [5.74, 6) is 0.908. The lowest BCUT2D eigenvalue weighted by molar-refractivity contribution is -0.115. The van der Waals surface area contributed by atoms with Crippen LogP contribution in [-0.2, 0) is 10.5 Å². The smallest absolute Gasteiger partial charge is 0.237 e. The molecule has 1 saturated heterocycles. The maximum atomic E-state index is 12.6. The molecular weight excluding hydrogens is 366 g/mol. The van der Waals surface area contributed by atoms with Crippen LogP contribution in [-0.4, -0.2) is 48.8 Å². The van der Waals surface area contributed by atoms with Gasteiger partial charge in [0.15, 0.2) is 0 Å². The lowest BCUT2D eigenvalue weighted by atomic mass is 10.1. The Kier molecular flexibility index (Phi) is 7.40. The Balaban J connectivity index is 1.54. The maximum absolute atomic E-state index is 12.6. The van der Waals surface area contributed by atoms with Gasteiger partial charge in [-0.15, -0.1) is 11.8 Å². The number of aryl methyl sites for hydroxylation is 1. The van der Waals surface area contributed by atoms with Crippen molar-refractivity contribution in [3.63, 3.8) is 0 Å². The van der Waals surface area contributed by atoms with E-state index in [0.717, 1.165) is 49.7 Å². The molecule has 0 aliphatic carbocycles. The average Bonchev–Trinajstić information content (AvgIpc) is 2.74. The SMILES string of the molecule is CCN1CCN(c2ccc(NC(=O)[C@@H](C)SCc3ccccc3)c(C)c2)CC1. The Bertz CT molecular complexity index is 773. The molecule has 0 unspecified atom stereocenters. The molecule has 2 aromatic carbocycles. The predicted octanol–water partition coefficient (Wildman–Crippen LogP) is 4.40. The summed E-state index contributed by atoms with van der Waals surface area (Å²) in [6, 6.07) is 16.7. The third kappa shape index (κ3) is 5.52. The quantitative estimate of drug-likeness (QED) is 0.751. The van der Waals surface area contributed by atoms with Crippen molar-refractivity contribution in [2.75, 3.05) is 42.9 Å². The molecule has 1 aliphatic rings. The van der Waals surface area contributed by atoms with Crippen LogP contribution in [0.15, 0.2) is 48.5 Å². The van der Waals surface area contributed by atoms with Gasteiger partial charge < -0.3 is 15.1 Å². The standard InChI is InChI=1S/C23H31N3OS/c1-4-25-12-14-26(15-13-25)21-10-11-22(18(2)16-21)24-23(27)19(3)28-17-20-8-6-5-7-9-20/h5-11,16,19H,4,12-15,17H2,1-3H3,(H,24,27)/t19-/m1/s1. The van der Waals surface area contributed by atoms with Crippen molar-refractivity contribution >= 4 is 29.0 Å². The van der Waals surface area contributed by atoms with Crippen LogP contribution in [0.1, 0.15) is 25.0 Å². The fourth-order valence-corrected chi connectivity index (χ4v) is 4.26. The lowest BCUT2D eigenvalue weighted by Gasteiger charge is -2.35. The van der Waals surface area contributed by atoms with Crippen molar-refractivity contribution in [3.8, 4) is 0 Å². The van der Waals surface area contributed by atoms with E-state index in [2.05, 4.69) is 53.2 Å². The zero-order valence-electron chi connectivity index (χ0n) is 17.1. The largest absolute Gasteiger partial charge is 0.369 e. The van der Waals surface area contributed by atoms with Gasteiger partial charge in [0.1, 0.15) is 0 Å². The summed E-state index contributed by atoms with van der Waals surface area (Å²) < 4.78 is 0. The van der Waals surface area contributed by atoms with Gasteiger partial charge in [-0.25, -0.2) is 0 Å². The number of amides is 1. The van der Waals surface area contributed by atoms with Gasteiger partial charge in [0, 0.05) is 43.3 Å². The van der Waals surface area contributed by atoms with E-state index in [-0.39, 0.29) is 11.2 Å². The van der Waals surface area contributed by atoms with Gasteiger partial charge in [-0.2, -0.15) is 0 Å². The summed E-state index contributed by atoms with van der Waals surface area (Å²) in [5.41, 5.74) is 4.52. The van der Waals surface area contributed by atoms with E-state index in [0.29, 0.717) is 0 Å². The van der Waals surface area contributed by atoms with E-state index < -0.39 is 0 Å². The number of nitrogens with zero attached hydrogens (tertiary/aromatic N) is 2. The summed E-state index contributed by atoms with van der Waals surface area (Å²) in [5, 5.41) is 3.01. The van der Waals surface area contributed by atoms with Gasteiger partial charge in [-0.1, -0.05) is 37.3 Å². The molecule has 1 amide bonds. The number of nitrogens with one attached hydrogen (secondary N) is 1. The van der Waals surface area contributed by atoms with Gasteiger partial charge in [-0.3, -0.25) is 4.79 Å². The molecule has 2 aromatic rings. The molecule has 1 aliphatic heterocycles. The Hall–Kier alpha value is -1.98. The first kappa shape index (κ1) is 20.7. The number of benzene rings is 2. The first-order valence-corrected chi connectivity index (χ1v) is 11.2. The molecule has 4 nitrogen and oxygen atoms in total. The molecule has 5 heteroatoms. The average molecular weight is 398 g/mol. The maximum Gasteiger partial charge on any atom is 0.237 e. The van der Waals surface area contributed by atoms with Crippen LogP contribution in [0, 0.1) is 6.92 Å². The van der Waals surface area contributed by atoms with E-state index in [1.807, 2.05) is 31.2 Å². The van der Waals surface area contributed by atoms with Crippen LogP contribution in [0.25, 0.3) is 0 Å². The highest BCUT2D eigenvalue weighted by atomic mass is 32.2. The van der Waals surface area contributed by atoms with Crippen LogP contribution in [0.4, 0.5) is 11.4 Å². The fraction of sp³-hybridized carbons (Fsp3) is 0.435. The highest BCUT2D eigenvalue weighted by Crippen LogP contribution is 2.25. The van der Waals surface area contributed by atoms with Crippen molar-refractivity contribution in [2.24, 2.45) is 0 Å². The van der Waals surface area contributed by atoms with Gasteiger partial charge in [0.05, 0.1) is 5.25 Å². The van der Waals surface area contributed by atoms with Crippen molar-refractivity contribution in [3.05, 3.63) is 59.7 Å². The number of hydrogen-bond donors (Lipinski definition) is 1. The van der Waals surface area contributed by atoms with Gasteiger partial charge in [-0.05, 0) is 49.7 Å². The summed E-state index contributed by atoms with van der Waals surface area (Å²) in [7, 11) is 0. The van der Waals surface area contributed by atoms with E-state index in [4.69, 9.17) is 0 Å². The molecule has 1 atom stereocenters. The predicted molar refractivity (Wildman–Crippen MR) is 121 cm³/mol. The second-order valence-corrected chi connectivity index (χ2v) is 8.68. The van der Waals surface area contributed by atoms with Crippen LogP contribution in [0.5, 0.6) is 0 Å². The minimum absolute atomic E-state index is 0.0633. The summed E-state index contributed by atoms with van der Waals surface area (Å²) in [6.45, 7) is 11.7. The number of anilines is 2. The Morgan fingerprint density at radius 1 is 1.11 bits per heavy atom. The third-order valence-electron chi connectivity index (χ3n) is 5.36. The monoisotopic (exact) mass is 397 g/mol. The van der Waals surface area contributed by atoms with Gasteiger partial charge in [0.2, 0.25) is 5.91 Å². The molecule has 0 radical (unpaired) electrons. The number of thioether (sulfide) groups is 1. The molecule has 0 spiro atoms. The molecule has 1 fully saturated rings. The highest BCUT2D eigenvalue weighted by molar-refractivity contribution is 7.99. The van der Waals surface area contributed by atoms with E-state index >= 15 is 0 Å². The Labute approximate surface area is 173 Å². The zero-order valence-corrected chi connectivity index (χ0v) is 18.0. The summed E-state index contributed by atoms with van der Waals surface area (Å²) >= 11 is 1.67. The molecule has 0 saturated carbocycles. The Morgan fingerprint density at radius 2 is 1.82 bits per heavy atom. The molecule has 0 bridgehead atoms. The topological polar surface area (TPSA) is 35.6 Å². The fourth-order valence-electron chi connectivity index (χ4n) is 3.41. The molecule has 0 aromatic heterocycles. The van der Waals surface area contributed by atoms with Crippen LogP contribution in [0.2, 0.25) is 0 Å². The van der Waals surface area contributed by atoms with Crippen LogP contribution >= 0.6 is 11.8 Å². The van der Waals surface area contributed by atoms with Crippen molar-refractivity contribution in [1.29, 1.82) is 0 Å². The Morgan fingerprint density at radius 3 is 2.46 bits per heavy atom. The first-order valence-electron chi connectivity index (χ1n) is 10.1.